The van der Waals surface area contributed by atoms with Crippen molar-refractivity contribution in [1.29, 1.82) is 0 Å². The van der Waals surface area contributed by atoms with Gasteiger partial charge in [0, 0.05) is 17.1 Å². The molecule has 0 spiro atoms. The van der Waals surface area contributed by atoms with E-state index in [9.17, 15) is 0 Å². The van der Waals surface area contributed by atoms with E-state index in [-0.39, 0.29) is 0 Å². The van der Waals surface area contributed by atoms with Crippen LogP contribution in [0.4, 0.5) is 0 Å². The van der Waals surface area contributed by atoms with E-state index in [4.69, 9.17) is 14.6 Å². The summed E-state index contributed by atoms with van der Waals surface area (Å²) in [7, 11) is 1.11. The highest BCUT2D eigenvalue weighted by molar-refractivity contribution is 9.10. The van der Waals surface area contributed by atoms with E-state index in [0.717, 1.165) is 33.4 Å². The van der Waals surface area contributed by atoms with Gasteiger partial charge < -0.3 is 9.47 Å². The Hall–Kier alpha value is -0.790. The lowest BCUT2D eigenvalue weighted by molar-refractivity contribution is 0.0837. The minimum absolute atomic E-state index is 0.471. The summed E-state index contributed by atoms with van der Waals surface area (Å²) in [4.78, 5) is 4.36. The smallest absolute Gasteiger partial charge is 0.228 e. The van der Waals surface area contributed by atoms with Gasteiger partial charge in [-0.05, 0) is 47.5 Å². The number of methoxy groups -OCH3 is 1. The van der Waals surface area contributed by atoms with Crippen LogP contribution >= 0.6 is 26.0 Å². The summed E-state index contributed by atoms with van der Waals surface area (Å²) in [5, 5.41) is 5.91. The maximum absolute atomic E-state index is 5.86. The molecule has 3 rings (SSSR count). The van der Waals surface area contributed by atoms with Gasteiger partial charge in [0.05, 0.1) is 35.6 Å². The van der Waals surface area contributed by atoms with E-state index in [1.54, 1.807) is 7.11 Å². The van der Waals surface area contributed by atoms with Crippen molar-refractivity contribution in [3.63, 3.8) is 0 Å². The van der Waals surface area contributed by atoms with Gasteiger partial charge in [-0.2, -0.15) is 5.10 Å². The van der Waals surface area contributed by atoms with Crippen LogP contribution in [0.5, 0.6) is 5.88 Å². The predicted octanol–water partition coefficient (Wildman–Crippen LogP) is 3.75. The lowest BCUT2D eigenvalue weighted by atomic mass is 10.2. The van der Waals surface area contributed by atoms with E-state index in [2.05, 4.69) is 39.7 Å². The Morgan fingerprint density at radius 3 is 2.70 bits per heavy atom. The SMILES string of the molecule is COc1ncc2c(c(C3CC3)nn2COCCS(C)(C)C)c1Br. The molecule has 5 nitrogen and oxygen atoms in total. The molecule has 2 aromatic rings. The second kappa shape index (κ2) is 6.61. The van der Waals surface area contributed by atoms with Crippen molar-refractivity contribution in [3.05, 3.63) is 16.4 Å². The highest BCUT2D eigenvalue weighted by atomic mass is 79.9. The molecule has 1 fully saturated rings. The van der Waals surface area contributed by atoms with Crippen molar-refractivity contribution in [2.75, 3.05) is 38.2 Å². The molecule has 0 N–H and O–H groups in total. The number of hydrogen-bond acceptors (Lipinski definition) is 4. The van der Waals surface area contributed by atoms with Crippen LogP contribution in [-0.4, -0.2) is 53.0 Å². The number of hydrogen-bond donors (Lipinski definition) is 0. The minimum Gasteiger partial charge on any atom is -0.480 e. The Balaban J connectivity index is 1.85. The Labute approximate surface area is 147 Å². The highest BCUT2D eigenvalue weighted by Crippen LogP contribution is 2.45. The van der Waals surface area contributed by atoms with Gasteiger partial charge in [-0.25, -0.2) is 19.7 Å². The molecule has 0 atom stereocenters. The zero-order valence-corrected chi connectivity index (χ0v) is 16.5. The number of aromatic nitrogens is 3. The Kier molecular flexibility index (Phi) is 4.90. The van der Waals surface area contributed by atoms with Crippen LogP contribution in [-0.2, 0) is 11.5 Å². The third-order valence-corrected chi connectivity index (χ3v) is 6.07. The first-order valence-electron chi connectivity index (χ1n) is 7.73. The number of ether oxygens (including phenoxy) is 2. The highest BCUT2D eigenvalue weighted by Gasteiger charge is 2.31. The van der Waals surface area contributed by atoms with Crippen LogP contribution in [0, 0.1) is 0 Å². The molecule has 0 amide bonds. The molecular weight excluding hydrogens is 378 g/mol. The summed E-state index contributed by atoms with van der Waals surface area (Å²) in [6.07, 6.45) is 11.2. The number of rotatable bonds is 7. The van der Waals surface area contributed by atoms with Gasteiger partial charge in [-0.15, -0.1) is 0 Å². The van der Waals surface area contributed by atoms with Crippen LogP contribution in [0.1, 0.15) is 24.5 Å². The van der Waals surface area contributed by atoms with Crippen LogP contribution in [0.3, 0.4) is 0 Å². The van der Waals surface area contributed by atoms with Crippen LogP contribution in [0.15, 0.2) is 10.7 Å². The van der Waals surface area contributed by atoms with E-state index in [1.807, 2.05) is 10.9 Å². The molecule has 1 saturated carbocycles. The fraction of sp³-hybridized carbons (Fsp3) is 0.625. The summed E-state index contributed by atoms with van der Waals surface area (Å²) >= 11 is 3.63. The molecule has 7 heteroatoms. The second-order valence-corrected chi connectivity index (χ2v) is 12.2. The molecular formula is C16H24BrN3O2S. The summed E-state index contributed by atoms with van der Waals surface area (Å²) in [5.74, 6) is 2.27. The summed E-state index contributed by atoms with van der Waals surface area (Å²) in [6, 6.07) is 0. The minimum atomic E-state index is -0.526. The average Bonchev–Trinajstić information content (AvgIpc) is 3.26. The lowest BCUT2D eigenvalue weighted by Crippen LogP contribution is -2.11. The number of nitrogens with zero attached hydrogens (tertiary/aromatic N) is 3. The largest absolute Gasteiger partial charge is 0.480 e. The first kappa shape index (κ1) is 17.0. The lowest BCUT2D eigenvalue weighted by Gasteiger charge is -2.24. The summed E-state index contributed by atoms with van der Waals surface area (Å²) in [5.41, 5.74) is 2.14. The standard InChI is InChI=1S/C16H24BrN3O2S/c1-21-16-14(17)13-12(9-18-16)20(19-15(13)11-5-6-11)10-22-7-8-23(2,3)4/h9,11H,5-8,10H2,1-4H3. The number of halogens is 1. The van der Waals surface area contributed by atoms with Gasteiger partial charge in [0.1, 0.15) is 6.73 Å². The van der Waals surface area contributed by atoms with Gasteiger partial charge in [-0.3, -0.25) is 0 Å². The molecule has 0 aromatic carbocycles. The van der Waals surface area contributed by atoms with Gasteiger partial charge in [0.15, 0.2) is 0 Å². The fourth-order valence-corrected chi connectivity index (χ4v) is 3.77. The van der Waals surface area contributed by atoms with Crippen molar-refractivity contribution in [3.8, 4) is 5.88 Å². The topological polar surface area (TPSA) is 49.2 Å². The van der Waals surface area contributed by atoms with Gasteiger partial charge in [0.2, 0.25) is 5.88 Å². The van der Waals surface area contributed by atoms with Crippen molar-refractivity contribution in [2.45, 2.75) is 25.5 Å². The van der Waals surface area contributed by atoms with E-state index in [1.165, 1.54) is 12.8 Å². The molecule has 2 heterocycles. The first-order chi connectivity index (χ1) is 10.9. The molecule has 2 aromatic heterocycles. The second-order valence-electron chi connectivity index (χ2n) is 6.83. The van der Waals surface area contributed by atoms with Crippen molar-refractivity contribution < 1.29 is 9.47 Å². The molecule has 0 saturated heterocycles. The molecule has 0 aliphatic heterocycles. The van der Waals surface area contributed by atoms with Crippen molar-refractivity contribution in [2.24, 2.45) is 0 Å². The molecule has 0 bridgehead atoms. The summed E-state index contributed by atoms with van der Waals surface area (Å²) < 4.78 is 14.0. The molecule has 0 unspecified atom stereocenters. The fourth-order valence-electron chi connectivity index (χ4n) is 2.48. The van der Waals surface area contributed by atoms with Crippen LogP contribution in [0.2, 0.25) is 0 Å². The van der Waals surface area contributed by atoms with Crippen molar-refractivity contribution >= 4 is 36.9 Å². The molecule has 0 radical (unpaired) electrons. The van der Waals surface area contributed by atoms with Crippen LogP contribution < -0.4 is 4.74 Å². The Morgan fingerprint density at radius 2 is 2.09 bits per heavy atom. The Morgan fingerprint density at radius 1 is 1.35 bits per heavy atom. The number of fused-ring (bicyclic) bond motifs is 1. The third-order valence-electron chi connectivity index (χ3n) is 3.94. The van der Waals surface area contributed by atoms with Crippen LogP contribution in [0.25, 0.3) is 10.9 Å². The zero-order valence-electron chi connectivity index (χ0n) is 14.1. The van der Waals surface area contributed by atoms with Gasteiger partial charge in [-0.1, -0.05) is 0 Å². The average molecular weight is 402 g/mol. The summed E-state index contributed by atoms with van der Waals surface area (Å²) in [6.45, 7) is 1.24. The van der Waals surface area contributed by atoms with Crippen molar-refractivity contribution in [1.82, 2.24) is 14.8 Å². The normalized spacial score (nSPS) is 16.0. The van der Waals surface area contributed by atoms with E-state index in [0.29, 0.717) is 18.5 Å². The third kappa shape index (κ3) is 3.83. The van der Waals surface area contributed by atoms with Gasteiger partial charge >= 0.3 is 0 Å². The quantitative estimate of drug-likeness (QED) is 0.662. The maximum Gasteiger partial charge on any atom is 0.228 e. The molecule has 128 valence electrons. The maximum atomic E-state index is 5.86. The molecule has 23 heavy (non-hydrogen) atoms. The predicted molar refractivity (Wildman–Crippen MR) is 99.9 cm³/mol. The Bertz CT molecular complexity index is 707. The van der Waals surface area contributed by atoms with E-state index >= 15 is 0 Å². The van der Waals surface area contributed by atoms with Gasteiger partial charge in [0.25, 0.3) is 0 Å². The van der Waals surface area contributed by atoms with E-state index < -0.39 is 10.0 Å². The first-order valence-corrected chi connectivity index (χ1v) is 11.6. The monoisotopic (exact) mass is 401 g/mol. The number of pyridine rings is 1. The molecule has 1 aliphatic carbocycles. The molecule has 1 aliphatic rings. The zero-order chi connectivity index (χ0) is 16.6.